The molecule has 0 aliphatic carbocycles. The molecule has 9 nitrogen and oxygen atoms in total. The average molecular weight is 384 g/mol. The van der Waals surface area contributed by atoms with E-state index in [4.69, 9.17) is 0 Å². The number of carbonyl (C=O) groups excluding carboxylic acids is 2. The van der Waals surface area contributed by atoms with Crippen LogP contribution in [0.5, 0.6) is 0 Å². The van der Waals surface area contributed by atoms with Crippen molar-refractivity contribution in [3.8, 4) is 0 Å². The molecule has 1 aromatic heterocycles. The van der Waals surface area contributed by atoms with Gasteiger partial charge < -0.3 is 14.8 Å². The average Bonchev–Trinajstić information content (AvgIpc) is 2.70. The van der Waals surface area contributed by atoms with Crippen LogP contribution in [0.2, 0.25) is 0 Å². The maximum atomic E-state index is 12.5. The lowest BCUT2D eigenvalue weighted by Crippen LogP contribution is -2.43. The molecule has 9 heteroatoms. The first-order valence-corrected chi connectivity index (χ1v) is 8.93. The number of pyridine rings is 1. The van der Waals surface area contributed by atoms with Crippen LogP contribution < -0.4 is 10.9 Å². The lowest BCUT2D eigenvalue weighted by atomic mass is 9.95. The van der Waals surface area contributed by atoms with Gasteiger partial charge in [0.2, 0.25) is 11.8 Å². The lowest BCUT2D eigenvalue weighted by Gasteiger charge is -2.31. The normalized spacial score (nSPS) is 14.5. The second-order valence-electron chi connectivity index (χ2n) is 6.59. The van der Waals surface area contributed by atoms with E-state index in [1.165, 1.54) is 12.3 Å². The summed E-state index contributed by atoms with van der Waals surface area (Å²) in [4.78, 5) is 48.5. The highest BCUT2D eigenvalue weighted by Crippen LogP contribution is 2.20. The smallest absolute Gasteiger partial charge is 0.334 e. The molecular formula is C19H20N4O5. The van der Waals surface area contributed by atoms with E-state index in [1.54, 1.807) is 4.90 Å². The number of nitro groups is 1. The van der Waals surface area contributed by atoms with Gasteiger partial charge in [-0.1, -0.05) is 18.2 Å². The Hall–Kier alpha value is -3.49. The molecule has 0 bridgehead atoms. The number of nitrogens with one attached hydrogen (secondary N) is 1. The van der Waals surface area contributed by atoms with Crippen molar-refractivity contribution >= 4 is 23.2 Å². The SMILES string of the molecule is O=C(Nc1ccccc1)C1CCN(C(=O)Cn2cccc([N+](=O)[O-])c2=O)CC1. The molecule has 1 saturated heterocycles. The van der Waals surface area contributed by atoms with Crippen molar-refractivity contribution in [2.24, 2.45) is 5.92 Å². The number of para-hydroxylation sites is 1. The van der Waals surface area contributed by atoms with Crippen molar-refractivity contribution in [2.75, 3.05) is 18.4 Å². The first-order chi connectivity index (χ1) is 13.5. The molecule has 0 saturated carbocycles. The summed E-state index contributed by atoms with van der Waals surface area (Å²) in [5.74, 6) is -0.567. The van der Waals surface area contributed by atoms with Crippen molar-refractivity contribution in [3.05, 3.63) is 69.1 Å². The van der Waals surface area contributed by atoms with Gasteiger partial charge in [0.05, 0.1) is 4.92 Å². The molecule has 1 N–H and O–H groups in total. The Kier molecular flexibility index (Phi) is 5.83. The Balaban J connectivity index is 1.56. The standard InChI is InChI=1S/C19H20N4O5/c24-17(13-22-10-4-7-16(19(22)26)23(27)28)21-11-8-14(9-12-21)18(25)20-15-5-2-1-3-6-15/h1-7,10,14H,8-9,11-13H2,(H,20,25). The number of anilines is 1. The molecule has 0 atom stereocenters. The van der Waals surface area contributed by atoms with Crippen LogP contribution >= 0.6 is 0 Å². The summed E-state index contributed by atoms with van der Waals surface area (Å²) in [5, 5.41) is 13.7. The van der Waals surface area contributed by atoms with Crippen molar-refractivity contribution in [1.82, 2.24) is 9.47 Å². The third kappa shape index (κ3) is 4.43. The summed E-state index contributed by atoms with van der Waals surface area (Å²) in [5.41, 5.74) is -0.638. The predicted octanol–water partition coefficient (Wildman–Crippen LogP) is 1.63. The van der Waals surface area contributed by atoms with Gasteiger partial charge in [-0.05, 0) is 31.0 Å². The Morgan fingerprint density at radius 2 is 1.79 bits per heavy atom. The van der Waals surface area contributed by atoms with Gasteiger partial charge in [0.25, 0.3) is 0 Å². The monoisotopic (exact) mass is 384 g/mol. The summed E-state index contributed by atoms with van der Waals surface area (Å²) in [6.45, 7) is 0.534. The molecule has 0 radical (unpaired) electrons. The molecule has 1 aliphatic heterocycles. The van der Waals surface area contributed by atoms with E-state index in [-0.39, 0.29) is 24.3 Å². The van der Waals surface area contributed by atoms with Gasteiger partial charge in [-0.25, -0.2) is 0 Å². The Labute approximate surface area is 160 Å². The quantitative estimate of drug-likeness (QED) is 0.622. The zero-order chi connectivity index (χ0) is 20.1. The number of hydrogen-bond donors (Lipinski definition) is 1. The van der Waals surface area contributed by atoms with E-state index in [0.29, 0.717) is 25.9 Å². The van der Waals surface area contributed by atoms with Crippen molar-refractivity contribution < 1.29 is 14.5 Å². The maximum absolute atomic E-state index is 12.5. The molecule has 1 aromatic carbocycles. The summed E-state index contributed by atoms with van der Waals surface area (Å²) >= 11 is 0. The Morgan fingerprint density at radius 3 is 2.43 bits per heavy atom. The van der Waals surface area contributed by atoms with Crippen LogP contribution in [-0.4, -0.2) is 39.3 Å². The fourth-order valence-corrected chi connectivity index (χ4v) is 3.19. The van der Waals surface area contributed by atoms with E-state index in [2.05, 4.69) is 5.32 Å². The highest BCUT2D eigenvalue weighted by Gasteiger charge is 2.28. The van der Waals surface area contributed by atoms with E-state index in [0.717, 1.165) is 16.3 Å². The van der Waals surface area contributed by atoms with Gasteiger partial charge in [0, 0.05) is 37.0 Å². The van der Waals surface area contributed by atoms with Gasteiger partial charge >= 0.3 is 11.2 Å². The third-order valence-corrected chi connectivity index (χ3v) is 4.76. The minimum atomic E-state index is -0.807. The number of nitrogens with zero attached hydrogens (tertiary/aromatic N) is 3. The molecule has 28 heavy (non-hydrogen) atoms. The third-order valence-electron chi connectivity index (χ3n) is 4.76. The number of amides is 2. The molecular weight excluding hydrogens is 364 g/mol. The molecule has 1 fully saturated rings. The number of carbonyl (C=O) groups is 2. The van der Waals surface area contributed by atoms with Crippen molar-refractivity contribution in [1.29, 1.82) is 0 Å². The largest absolute Gasteiger partial charge is 0.341 e. The lowest BCUT2D eigenvalue weighted by molar-refractivity contribution is -0.386. The zero-order valence-electron chi connectivity index (χ0n) is 15.1. The maximum Gasteiger partial charge on any atom is 0.334 e. The second kappa shape index (κ2) is 8.47. The van der Waals surface area contributed by atoms with E-state index in [1.807, 2.05) is 30.3 Å². The van der Waals surface area contributed by atoms with Crippen LogP contribution in [-0.2, 0) is 16.1 Å². The zero-order valence-corrected chi connectivity index (χ0v) is 15.1. The van der Waals surface area contributed by atoms with Crippen LogP contribution in [0.25, 0.3) is 0 Å². The van der Waals surface area contributed by atoms with Crippen LogP contribution in [0.4, 0.5) is 11.4 Å². The Bertz CT molecular complexity index is 933. The van der Waals surface area contributed by atoms with Gasteiger partial charge in [0.15, 0.2) is 0 Å². The fraction of sp³-hybridized carbons (Fsp3) is 0.316. The first-order valence-electron chi connectivity index (χ1n) is 8.93. The summed E-state index contributed by atoms with van der Waals surface area (Å²) in [6.07, 6.45) is 2.40. The van der Waals surface area contributed by atoms with E-state index >= 15 is 0 Å². The molecule has 146 valence electrons. The Morgan fingerprint density at radius 1 is 1.11 bits per heavy atom. The molecule has 3 rings (SSSR count). The van der Waals surface area contributed by atoms with Crippen LogP contribution in [0.15, 0.2) is 53.5 Å². The van der Waals surface area contributed by atoms with Gasteiger partial charge in [-0.3, -0.25) is 24.5 Å². The topological polar surface area (TPSA) is 115 Å². The van der Waals surface area contributed by atoms with Crippen molar-refractivity contribution in [2.45, 2.75) is 19.4 Å². The number of rotatable bonds is 5. The van der Waals surface area contributed by atoms with Gasteiger partial charge in [-0.2, -0.15) is 0 Å². The highest BCUT2D eigenvalue weighted by molar-refractivity contribution is 5.92. The van der Waals surface area contributed by atoms with Crippen molar-refractivity contribution in [3.63, 3.8) is 0 Å². The molecule has 1 aliphatic rings. The molecule has 0 unspecified atom stereocenters. The van der Waals surface area contributed by atoms with E-state index in [9.17, 15) is 24.5 Å². The highest BCUT2D eigenvalue weighted by atomic mass is 16.6. The minimum absolute atomic E-state index is 0.0757. The van der Waals surface area contributed by atoms with Gasteiger partial charge in [0.1, 0.15) is 6.54 Å². The number of aromatic nitrogens is 1. The molecule has 2 amide bonds. The van der Waals surface area contributed by atoms with Gasteiger partial charge in [-0.15, -0.1) is 0 Å². The molecule has 0 spiro atoms. The molecule has 2 aromatic rings. The second-order valence-corrected chi connectivity index (χ2v) is 6.59. The van der Waals surface area contributed by atoms with Crippen LogP contribution in [0, 0.1) is 16.0 Å². The van der Waals surface area contributed by atoms with Crippen LogP contribution in [0.1, 0.15) is 12.8 Å². The first kappa shape index (κ1) is 19.3. The fourth-order valence-electron chi connectivity index (χ4n) is 3.19. The van der Waals surface area contributed by atoms with E-state index < -0.39 is 16.2 Å². The minimum Gasteiger partial charge on any atom is -0.341 e. The molecule has 2 heterocycles. The summed E-state index contributed by atoms with van der Waals surface area (Å²) < 4.78 is 1.04. The number of hydrogen-bond acceptors (Lipinski definition) is 5. The number of piperidine rings is 1. The van der Waals surface area contributed by atoms with Crippen LogP contribution in [0.3, 0.4) is 0 Å². The number of benzene rings is 1. The summed E-state index contributed by atoms with van der Waals surface area (Å²) in [7, 11) is 0. The summed E-state index contributed by atoms with van der Waals surface area (Å²) in [6, 6.07) is 11.7. The number of likely N-dealkylation sites (tertiary alicyclic amines) is 1. The predicted molar refractivity (Wildman–Crippen MR) is 102 cm³/mol.